The van der Waals surface area contributed by atoms with Gasteiger partial charge in [0.1, 0.15) is 5.75 Å². The molecule has 0 unspecified atom stereocenters. The van der Waals surface area contributed by atoms with E-state index in [-0.39, 0.29) is 11.7 Å². The molecule has 0 atom stereocenters. The molecule has 4 heteroatoms. The summed E-state index contributed by atoms with van der Waals surface area (Å²) in [6.45, 7) is 0.520. The summed E-state index contributed by atoms with van der Waals surface area (Å²) in [6.07, 6.45) is 0.999. The van der Waals surface area contributed by atoms with Gasteiger partial charge in [-0.3, -0.25) is 4.79 Å². The molecule has 0 saturated carbocycles. The Morgan fingerprint density at radius 2 is 1.90 bits per heavy atom. The second-order valence-corrected chi connectivity index (χ2v) is 4.71. The van der Waals surface area contributed by atoms with E-state index in [0.717, 1.165) is 11.1 Å². The third-order valence-electron chi connectivity index (χ3n) is 3.11. The fraction of sp³-hybridized carbons (Fsp3) is 0.176. The number of phenols is 1. The van der Waals surface area contributed by atoms with Gasteiger partial charge in [0.2, 0.25) is 0 Å². The normalized spacial score (nSPS) is 9.86. The van der Waals surface area contributed by atoms with E-state index in [1.165, 1.54) is 0 Å². The van der Waals surface area contributed by atoms with Crippen molar-refractivity contribution in [3.05, 3.63) is 65.2 Å². The molecular weight excluding hydrogens is 264 g/mol. The Hall–Kier alpha value is -2.80. The van der Waals surface area contributed by atoms with Crippen LogP contribution < -0.4 is 5.32 Å². The van der Waals surface area contributed by atoms with Gasteiger partial charge >= 0.3 is 0 Å². The molecule has 0 aromatic heterocycles. The van der Waals surface area contributed by atoms with Crippen molar-refractivity contribution < 1.29 is 9.90 Å². The van der Waals surface area contributed by atoms with E-state index in [0.29, 0.717) is 24.9 Å². The zero-order chi connectivity index (χ0) is 15.1. The number of nitriles is 1. The van der Waals surface area contributed by atoms with Crippen LogP contribution in [0.25, 0.3) is 0 Å². The van der Waals surface area contributed by atoms with E-state index in [2.05, 4.69) is 11.4 Å². The Balaban J connectivity index is 1.88. The van der Waals surface area contributed by atoms with Crippen molar-refractivity contribution in [1.82, 2.24) is 5.32 Å². The highest BCUT2D eigenvalue weighted by atomic mass is 16.3. The predicted octanol–water partition coefficient (Wildman–Crippen LogP) is 2.43. The molecule has 2 aromatic carbocycles. The summed E-state index contributed by atoms with van der Waals surface area (Å²) < 4.78 is 0. The molecule has 0 aliphatic rings. The smallest absolute Gasteiger partial charge is 0.251 e. The monoisotopic (exact) mass is 280 g/mol. The van der Waals surface area contributed by atoms with Gasteiger partial charge in [-0.15, -0.1) is 0 Å². The molecule has 0 heterocycles. The summed E-state index contributed by atoms with van der Waals surface area (Å²) in [5.74, 6) is 0.0886. The first kappa shape index (κ1) is 14.6. The molecule has 0 aliphatic heterocycles. The number of amides is 1. The molecule has 0 spiro atoms. The fourth-order valence-corrected chi connectivity index (χ4v) is 2.00. The lowest BCUT2D eigenvalue weighted by molar-refractivity contribution is 0.0954. The average molecular weight is 280 g/mol. The van der Waals surface area contributed by atoms with Crippen LogP contribution in [0.3, 0.4) is 0 Å². The Bertz CT molecular complexity index is 657. The van der Waals surface area contributed by atoms with E-state index in [9.17, 15) is 9.90 Å². The molecule has 2 aromatic rings. The zero-order valence-electron chi connectivity index (χ0n) is 11.5. The number of rotatable bonds is 5. The lowest BCUT2D eigenvalue weighted by Crippen LogP contribution is -2.25. The highest BCUT2D eigenvalue weighted by molar-refractivity contribution is 5.94. The fourth-order valence-electron chi connectivity index (χ4n) is 2.00. The molecule has 0 fully saturated rings. The maximum Gasteiger partial charge on any atom is 0.251 e. The van der Waals surface area contributed by atoms with Crippen molar-refractivity contribution in [3.8, 4) is 11.8 Å². The van der Waals surface area contributed by atoms with Crippen LogP contribution in [-0.2, 0) is 12.8 Å². The van der Waals surface area contributed by atoms with E-state index in [1.54, 1.807) is 30.3 Å². The standard InChI is InChI=1S/C17H16N2O2/c18-10-8-14-2-1-3-15(12-14)17(21)19-11-9-13-4-6-16(20)7-5-13/h1-7,12,20H,8-9,11H2,(H,19,21). The van der Waals surface area contributed by atoms with Crippen molar-refractivity contribution in [3.63, 3.8) is 0 Å². The highest BCUT2D eigenvalue weighted by Gasteiger charge is 2.05. The third kappa shape index (κ3) is 4.36. The molecule has 2 N–H and O–H groups in total. The van der Waals surface area contributed by atoms with Crippen molar-refractivity contribution in [2.75, 3.05) is 6.54 Å². The van der Waals surface area contributed by atoms with Crippen molar-refractivity contribution >= 4 is 5.91 Å². The summed E-state index contributed by atoms with van der Waals surface area (Å²) >= 11 is 0. The molecule has 1 amide bonds. The van der Waals surface area contributed by atoms with Gasteiger partial charge in [0.15, 0.2) is 0 Å². The van der Waals surface area contributed by atoms with Gasteiger partial charge in [-0.05, 0) is 41.8 Å². The van der Waals surface area contributed by atoms with Crippen LogP contribution in [0.4, 0.5) is 0 Å². The van der Waals surface area contributed by atoms with Gasteiger partial charge in [0.25, 0.3) is 5.91 Å². The maximum atomic E-state index is 12.0. The number of carbonyl (C=O) groups excluding carboxylic acids is 1. The molecule has 106 valence electrons. The lowest BCUT2D eigenvalue weighted by Gasteiger charge is -2.06. The van der Waals surface area contributed by atoms with Gasteiger partial charge < -0.3 is 10.4 Å². The maximum absolute atomic E-state index is 12.0. The number of hydrogen-bond acceptors (Lipinski definition) is 3. The summed E-state index contributed by atoms with van der Waals surface area (Å²) in [5, 5.41) is 20.7. The van der Waals surface area contributed by atoms with Crippen LogP contribution in [0.5, 0.6) is 5.75 Å². The molecule has 2 rings (SSSR count). The number of aromatic hydroxyl groups is 1. The molecule has 4 nitrogen and oxygen atoms in total. The van der Waals surface area contributed by atoms with Crippen LogP contribution in [0.15, 0.2) is 48.5 Å². The zero-order valence-corrected chi connectivity index (χ0v) is 11.5. The largest absolute Gasteiger partial charge is 0.508 e. The number of carbonyl (C=O) groups is 1. The van der Waals surface area contributed by atoms with Crippen LogP contribution >= 0.6 is 0 Å². The number of nitrogens with zero attached hydrogens (tertiary/aromatic N) is 1. The first-order valence-corrected chi connectivity index (χ1v) is 6.71. The molecule has 0 bridgehead atoms. The average Bonchev–Trinajstić information content (AvgIpc) is 2.50. The van der Waals surface area contributed by atoms with E-state index in [4.69, 9.17) is 5.26 Å². The van der Waals surface area contributed by atoms with E-state index < -0.39 is 0 Å². The second-order valence-electron chi connectivity index (χ2n) is 4.71. The second kappa shape index (κ2) is 7.11. The first-order chi connectivity index (χ1) is 10.2. The molecule has 0 saturated heterocycles. The Morgan fingerprint density at radius 3 is 2.62 bits per heavy atom. The Labute approximate surface area is 123 Å². The minimum Gasteiger partial charge on any atom is -0.508 e. The predicted molar refractivity (Wildman–Crippen MR) is 79.9 cm³/mol. The molecule has 0 radical (unpaired) electrons. The highest BCUT2D eigenvalue weighted by Crippen LogP contribution is 2.10. The van der Waals surface area contributed by atoms with Gasteiger partial charge in [-0.25, -0.2) is 0 Å². The minimum absolute atomic E-state index is 0.145. The molecular formula is C17H16N2O2. The van der Waals surface area contributed by atoms with E-state index >= 15 is 0 Å². The summed E-state index contributed by atoms with van der Waals surface area (Å²) in [5.41, 5.74) is 2.45. The van der Waals surface area contributed by atoms with Crippen LogP contribution in [-0.4, -0.2) is 17.6 Å². The van der Waals surface area contributed by atoms with Crippen molar-refractivity contribution in [1.29, 1.82) is 5.26 Å². The first-order valence-electron chi connectivity index (χ1n) is 6.71. The topological polar surface area (TPSA) is 73.1 Å². The van der Waals surface area contributed by atoms with Crippen molar-refractivity contribution in [2.24, 2.45) is 0 Å². The third-order valence-corrected chi connectivity index (χ3v) is 3.11. The number of hydrogen-bond donors (Lipinski definition) is 2. The van der Waals surface area contributed by atoms with Crippen LogP contribution in [0.1, 0.15) is 21.5 Å². The van der Waals surface area contributed by atoms with Gasteiger partial charge in [-0.2, -0.15) is 5.26 Å². The van der Waals surface area contributed by atoms with Gasteiger partial charge in [-0.1, -0.05) is 24.3 Å². The summed E-state index contributed by atoms with van der Waals surface area (Å²) in [4.78, 5) is 12.0. The quantitative estimate of drug-likeness (QED) is 0.883. The Morgan fingerprint density at radius 1 is 1.14 bits per heavy atom. The van der Waals surface area contributed by atoms with E-state index in [1.807, 2.05) is 18.2 Å². The van der Waals surface area contributed by atoms with Gasteiger partial charge in [0.05, 0.1) is 12.5 Å². The number of phenolic OH excluding ortho intramolecular Hbond substituents is 1. The Kier molecular flexibility index (Phi) is 4.94. The number of benzene rings is 2. The SMILES string of the molecule is N#CCc1cccc(C(=O)NCCc2ccc(O)cc2)c1. The molecule has 21 heavy (non-hydrogen) atoms. The van der Waals surface area contributed by atoms with Crippen molar-refractivity contribution in [2.45, 2.75) is 12.8 Å². The number of nitrogens with one attached hydrogen (secondary N) is 1. The van der Waals surface area contributed by atoms with Crippen LogP contribution in [0.2, 0.25) is 0 Å². The summed E-state index contributed by atoms with van der Waals surface area (Å²) in [7, 11) is 0. The minimum atomic E-state index is -0.145. The van der Waals surface area contributed by atoms with Crippen LogP contribution in [0, 0.1) is 11.3 Å². The summed E-state index contributed by atoms with van der Waals surface area (Å²) in [6, 6.07) is 16.1. The van der Waals surface area contributed by atoms with Gasteiger partial charge in [0, 0.05) is 12.1 Å². The lowest BCUT2D eigenvalue weighted by atomic mass is 10.1. The molecule has 0 aliphatic carbocycles.